The smallest absolute Gasteiger partial charge is 0.340 e. The third kappa shape index (κ3) is 3.70. The summed E-state index contributed by atoms with van der Waals surface area (Å²) >= 11 is 1.31. The largest absolute Gasteiger partial charge is 0.465 e. The number of esters is 1. The number of anilines is 1. The SMILES string of the molecule is COC(=O)c1cc(C)sc1NC(=O)c1ccc(Cn2nc(C)cc2C)o1. The van der Waals surface area contributed by atoms with Gasteiger partial charge in [0.25, 0.3) is 5.91 Å². The van der Waals surface area contributed by atoms with Gasteiger partial charge in [-0.2, -0.15) is 5.10 Å². The summed E-state index contributed by atoms with van der Waals surface area (Å²) in [6.07, 6.45) is 0. The Labute approximate surface area is 154 Å². The van der Waals surface area contributed by atoms with Crippen molar-refractivity contribution in [1.29, 1.82) is 0 Å². The van der Waals surface area contributed by atoms with Gasteiger partial charge in [-0.1, -0.05) is 0 Å². The van der Waals surface area contributed by atoms with Gasteiger partial charge in [0.05, 0.1) is 24.9 Å². The molecule has 3 aromatic heterocycles. The van der Waals surface area contributed by atoms with Gasteiger partial charge in [-0.15, -0.1) is 11.3 Å². The minimum absolute atomic E-state index is 0.170. The van der Waals surface area contributed by atoms with Crippen molar-refractivity contribution in [3.8, 4) is 0 Å². The van der Waals surface area contributed by atoms with E-state index in [1.807, 2.05) is 31.5 Å². The summed E-state index contributed by atoms with van der Waals surface area (Å²) < 4.78 is 12.2. The number of aromatic nitrogens is 2. The van der Waals surface area contributed by atoms with Crippen LogP contribution in [0.1, 0.15) is 42.9 Å². The molecule has 3 heterocycles. The molecule has 7 nitrogen and oxygen atoms in total. The lowest BCUT2D eigenvalue weighted by atomic mass is 10.3. The number of thiophene rings is 1. The van der Waals surface area contributed by atoms with Crippen LogP contribution in [-0.4, -0.2) is 28.8 Å². The predicted octanol–water partition coefficient (Wildman–Crippen LogP) is 3.55. The monoisotopic (exact) mass is 373 g/mol. The second-order valence-corrected chi connectivity index (χ2v) is 7.15. The quantitative estimate of drug-likeness (QED) is 0.691. The number of carbonyl (C=O) groups is 2. The van der Waals surface area contributed by atoms with Gasteiger partial charge in [-0.25, -0.2) is 4.79 Å². The number of methoxy groups -OCH3 is 1. The fourth-order valence-electron chi connectivity index (χ4n) is 2.60. The van der Waals surface area contributed by atoms with Gasteiger partial charge in [0, 0.05) is 10.6 Å². The van der Waals surface area contributed by atoms with E-state index in [0.29, 0.717) is 22.9 Å². The lowest BCUT2D eigenvalue weighted by Gasteiger charge is -2.04. The van der Waals surface area contributed by atoms with E-state index < -0.39 is 11.9 Å². The Morgan fingerprint density at radius 1 is 1.27 bits per heavy atom. The van der Waals surface area contributed by atoms with E-state index in [4.69, 9.17) is 9.15 Å². The summed E-state index contributed by atoms with van der Waals surface area (Å²) in [6, 6.07) is 7.01. The number of aryl methyl sites for hydroxylation is 3. The van der Waals surface area contributed by atoms with Crippen LogP contribution >= 0.6 is 11.3 Å². The van der Waals surface area contributed by atoms with Crippen LogP contribution in [0.4, 0.5) is 5.00 Å². The van der Waals surface area contributed by atoms with Crippen molar-refractivity contribution in [1.82, 2.24) is 9.78 Å². The van der Waals surface area contributed by atoms with Crippen LogP contribution in [0.5, 0.6) is 0 Å². The number of amides is 1. The van der Waals surface area contributed by atoms with Crippen molar-refractivity contribution in [2.24, 2.45) is 0 Å². The molecule has 26 heavy (non-hydrogen) atoms. The maximum absolute atomic E-state index is 12.5. The molecule has 0 aliphatic carbocycles. The standard InChI is InChI=1S/C18H19N3O4S/c1-10-7-11(2)21(20-10)9-13-5-6-15(25-13)16(22)19-17-14(18(23)24-4)8-12(3)26-17/h5-8H,9H2,1-4H3,(H,19,22). The molecule has 0 unspecified atom stereocenters. The highest BCUT2D eigenvalue weighted by Crippen LogP contribution is 2.28. The lowest BCUT2D eigenvalue weighted by Crippen LogP contribution is -2.13. The van der Waals surface area contributed by atoms with Gasteiger partial charge in [0.2, 0.25) is 0 Å². The summed E-state index contributed by atoms with van der Waals surface area (Å²) in [7, 11) is 1.30. The number of hydrogen-bond acceptors (Lipinski definition) is 6. The summed E-state index contributed by atoms with van der Waals surface area (Å²) in [4.78, 5) is 25.2. The zero-order chi connectivity index (χ0) is 18.8. The number of hydrogen-bond donors (Lipinski definition) is 1. The first-order valence-corrected chi connectivity index (χ1v) is 8.79. The number of nitrogens with one attached hydrogen (secondary N) is 1. The van der Waals surface area contributed by atoms with Crippen molar-refractivity contribution >= 4 is 28.2 Å². The van der Waals surface area contributed by atoms with Crippen LogP contribution in [0.15, 0.2) is 28.7 Å². The molecule has 136 valence electrons. The van der Waals surface area contributed by atoms with Crippen LogP contribution in [0.25, 0.3) is 0 Å². The fourth-order valence-corrected chi connectivity index (χ4v) is 3.50. The molecule has 0 aliphatic rings. The Morgan fingerprint density at radius 2 is 2.04 bits per heavy atom. The second-order valence-electron chi connectivity index (χ2n) is 5.90. The van der Waals surface area contributed by atoms with Crippen LogP contribution in [0.3, 0.4) is 0 Å². The van der Waals surface area contributed by atoms with Gasteiger partial charge >= 0.3 is 5.97 Å². The minimum atomic E-state index is -0.491. The Bertz CT molecular complexity index is 967. The van der Waals surface area contributed by atoms with Gasteiger partial charge in [0.15, 0.2) is 5.76 Å². The first-order chi connectivity index (χ1) is 12.4. The average Bonchev–Trinajstić information content (AvgIpc) is 3.27. The molecule has 0 fully saturated rings. The van der Waals surface area contributed by atoms with Gasteiger partial charge in [0.1, 0.15) is 10.8 Å². The van der Waals surface area contributed by atoms with Crippen LogP contribution in [0.2, 0.25) is 0 Å². The Kier molecular flexibility index (Phi) is 4.94. The first-order valence-electron chi connectivity index (χ1n) is 7.97. The summed E-state index contributed by atoms with van der Waals surface area (Å²) in [6.45, 7) is 6.18. The Hall–Kier alpha value is -2.87. The highest BCUT2D eigenvalue weighted by atomic mass is 32.1. The summed E-state index contributed by atoms with van der Waals surface area (Å²) in [5.41, 5.74) is 2.27. The van der Waals surface area contributed by atoms with Crippen molar-refractivity contribution in [2.45, 2.75) is 27.3 Å². The number of nitrogens with zero attached hydrogens (tertiary/aromatic N) is 2. The topological polar surface area (TPSA) is 86.4 Å². The average molecular weight is 373 g/mol. The maximum atomic E-state index is 12.5. The molecule has 0 aromatic carbocycles. The molecule has 8 heteroatoms. The Morgan fingerprint density at radius 3 is 2.69 bits per heavy atom. The summed E-state index contributed by atoms with van der Waals surface area (Å²) in [5.74, 6) is -0.119. The predicted molar refractivity (Wildman–Crippen MR) is 97.9 cm³/mol. The number of carbonyl (C=O) groups excluding carboxylic acids is 2. The van der Waals surface area contributed by atoms with Crippen molar-refractivity contribution in [2.75, 3.05) is 12.4 Å². The van der Waals surface area contributed by atoms with Crippen LogP contribution < -0.4 is 5.32 Å². The first kappa shape index (κ1) is 17.9. The molecule has 3 aromatic rings. The molecule has 0 saturated heterocycles. The van der Waals surface area contributed by atoms with Gasteiger partial charge in [-0.3, -0.25) is 9.48 Å². The van der Waals surface area contributed by atoms with Crippen LogP contribution in [-0.2, 0) is 11.3 Å². The van der Waals surface area contributed by atoms with Crippen molar-refractivity contribution in [3.63, 3.8) is 0 Å². The molecule has 1 N–H and O–H groups in total. The fraction of sp³-hybridized carbons (Fsp3) is 0.278. The van der Waals surface area contributed by atoms with Crippen molar-refractivity contribution in [3.05, 3.63) is 57.6 Å². The van der Waals surface area contributed by atoms with E-state index >= 15 is 0 Å². The number of ether oxygens (including phenoxy) is 1. The highest BCUT2D eigenvalue weighted by molar-refractivity contribution is 7.16. The Balaban J connectivity index is 1.75. The number of furan rings is 1. The van der Waals surface area contributed by atoms with E-state index in [1.54, 1.807) is 18.2 Å². The highest BCUT2D eigenvalue weighted by Gasteiger charge is 2.19. The normalized spacial score (nSPS) is 10.8. The molecule has 0 spiro atoms. The third-order valence-corrected chi connectivity index (χ3v) is 4.75. The van der Waals surface area contributed by atoms with E-state index in [9.17, 15) is 9.59 Å². The molecule has 3 rings (SSSR count). The van der Waals surface area contributed by atoms with Crippen molar-refractivity contribution < 1.29 is 18.7 Å². The second kappa shape index (κ2) is 7.17. The van der Waals surface area contributed by atoms with E-state index in [0.717, 1.165) is 16.3 Å². The molecule has 0 saturated carbocycles. The lowest BCUT2D eigenvalue weighted by molar-refractivity contribution is 0.0602. The summed E-state index contributed by atoms with van der Waals surface area (Å²) in [5, 5.41) is 7.54. The molecule has 1 amide bonds. The molecule has 0 bridgehead atoms. The van der Waals surface area contributed by atoms with E-state index in [1.165, 1.54) is 18.4 Å². The maximum Gasteiger partial charge on any atom is 0.340 e. The molecule has 0 atom stereocenters. The number of rotatable bonds is 5. The minimum Gasteiger partial charge on any atom is -0.465 e. The molecule has 0 radical (unpaired) electrons. The van der Waals surface area contributed by atoms with Gasteiger partial charge < -0.3 is 14.5 Å². The molecular weight excluding hydrogens is 354 g/mol. The molecule has 0 aliphatic heterocycles. The zero-order valence-corrected chi connectivity index (χ0v) is 15.8. The van der Waals surface area contributed by atoms with Gasteiger partial charge in [-0.05, 0) is 45.0 Å². The molecular formula is C18H19N3O4S. The third-order valence-electron chi connectivity index (χ3n) is 3.78. The van der Waals surface area contributed by atoms with E-state index in [2.05, 4.69) is 10.4 Å². The zero-order valence-electron chi connectivity index (χ0n) is 15.0. The van der Waals surface area contributed by atoms with Crippen LogP contribution in [0, 0.1) is 20.8 Å². The van der Waals surface area contributed by atoms with E-state index in [-0.39, 0.29) is 5.76 Å².